The summed E-state index contributed by atoms with van der Waals surface area (Å²) in [6, 6.07) is 25.3. The number of carboxylic acid groups (broad SMARTS) is 1. The molecule has 0 amide bonds. The van der Waals surface area contributed by atoms with Crippen LogP contribution < -0.4 is 0 Å². The number of carbonyl (C=O) groups is 2. The molecule has 0 aromatic heterocycles. The Kier molecular flexibility index (Phi) is 5.06. The summed E-state index contributed by atoms with van der Waals surface area (Å²) < 4.78 is 5.93. The molecule has 1 unspecified atom stereocenters. The van der Waals surface area contributed by atoms with Gasteiger partial charge in [0, 0.05) is 5.56 Å². The number of fused-ring (bicyclic) bond motifs is 2. The van der Waals surface area contributed by atoms with E-state index < -0.39 is 18.0 Å². The van der Waals surface area contributed by atoms with Crippen LogP contribution in [0.3, 0.4) is 0 Å². The van der Waals surface area contributed by atoms with Gasteiger partial charge in [-0.3, -0.25) is 0 Å². The SMILES string of the molecule is CC1=Cc2c(-c3cccc4ccccc34)cccc2C1OC(=O)c1cccc(C(=O)O)c1C. The minimum absolute atomic E-state index is 0.0989. The Labute approximate surface area is 191 Å². The van der Waals surface area contributed by atoms with Gasteiger partial charge in [-0.1, -0.05) is 72.8 Å². The third kappa shape index (κ3) is 3.50. The maximum atomic E-state index is 13.0. The Morgan fingerprint density at radius 3 is 2.27 bits per heavy atom. The van der Waals surface area contributed by atoms with E-state index in [0.29, 0.717) is 5.56 Å². The summed E-state index contributed by atoms with van der Waals surface area (Å²) in [7, 11) is 0. The number of hydrogen-bond acceptors (Lipinski definition) is 3. The lowest BCUT2D eigenvalue weighted by atomic mass is 9.93. The molecule has 4 nitrogen and oxygen atoms in total. The van der Waals surface area contributed by atoms with Crippen LogP contribution in [0.1, 0.15) is 50.4 Å². The predicted octanol–water partition coefficient (Wildman–Crippen LogP) is 6.83. The summed E-state index contributed by atoms with van der Waals surface area (Å²) in [5.41, 5.74) is 5.89. The molecule has 162 valence electrons. The van der Waals surface area contributed by atoms with Gasteiger partial charge in [-0.25, -0.2) is 9.59 Å². The monoisotopic (exact) mass is 434 g/mol. The lowest BCUT2D eigenvalue weighted by Gasteiger charge is -2.18. The van der Waals surface area contributed by atoms with Crippen LogP contribution in [0.4, 0.5) is 0 Å². The average Bonchev–Trinajstić information content (AvgIpc) is 3.13. The van der Waals surface area contributed by atoms with Crippen LogP contribution in [0.15, 0.2) is 84.4 Å². The highest BCUT2D eigenvalue weighted by Gasteiger charge is 2.29. The quantitative estimate of drug-likeness (QED) is 0.358. The van der Waals surface area contributed by atoms with Gasteiger partial charge < -0.3 is 9.84 Å². The van der Waals surface area contributed by atoms with Crippen molar-refractivity contribution in [2.45, 2.75) is 20.0 Å². The molecule has 0 saturated carbocycles. The number of benzene rings is 4. The predicted molar refractivity (Wildman–Crippen MR) is 129 cm³/mol. The number of esters is 1. The molecule has 1 aliphatic carbocycles. The first-order chi connectivity index (χ1) is 16.0. The van der Waals surface area contributed by atoms with Crippen LogP contribution in [0.2, 0.25) is 0 Å². The van der Waals surface area contributed by atoms with Crippen LogP contribution in [0.5, 0.6) is 0 Å². The van der Waals surface area contributed by atoms with Crippen molar-refractivity contribution >= 4 is 28.8 Å². The topological polar surface area (TPSA) is 63.6 Å². The fourth-order valence-electron chi connectivity index (χ4n) is 4.63. The van der Waals surface area contributed by atoms with Gasteiger partial charge in [0.2, 0.25) is 0 Å². The molecule has 1 atom stereocenters. The molecule has 0 saturated heterocycles. The largest absolute Gasteiger partial charge is 0.478 e. The van der Waals surface area contributed by atoms with Gasteiger partial charge >= 0.3 is 11.9 Å². The van der Waals surface area contributed by atoms with E-state index in [2.05, 4.69) is 42.5 Å². The van der Waals surface area contributed by atoms with Crippen molar-refractivity contribution in [1.29, 1.82) is 0 Å². The summed E-state index contributed by atoms with van der Waals surface area (Å²) in [5, 5.41) is 11.7. The Morgan fingerprint density at radius 1 is 0.788 bits per heavy atom. The molecular formula is C29H22O4. The van der Waals surface area contributed by atoms with E-state index in [0.717, 1.165) is 27.8 Å². The molecule has 5 rings (SSSR count). The van der Waals surface area contributed by atoms with Crippen LogP contribution in [0.25, 0.3) is 28.0 Å². The van der Waals surface area contributed by atoms with Crippen LogP contribution in [-0.4, -0.2) is 17.0 Å². The normalized spacial score (nSPS) is 14.6. The van der Waals surface area contributed by atoms with Gasteiger partial charge in [0.15, 0.2) is 0 Å². The molecule has 0 aliphatic heterocycles. The van der Waals surface area contributed by atoms with Crippen molar-refractivity contribution < 1.29 is 19.4 Å². The Bertz CT molecular complexity index is 1460. The molecule has 0 bridgehead atoms. The number of carboxylic acids is 1. The fourth-order valence-corrected chi connectivity index (χ4v) is 4.63. The third-order valence-electron chi connectivity index (χ3n) is 6.30. The molecule has 4 aromatic rings. The van der Waals surface area contributed by atoms with Gasteiger partial charge in [0.25, 0.3) is 0 Å². The Hall–Kier alpha value is -4.18. The molecule has 1 aliphatic rings. The summed E-state index contributed by atoms with van der Waals surface area (Å²) in [6.07, 6.45) is 1.56. The van der Waals surface area contributed by atoms with Crippen molar-refractivity contribution in [1.82, 2.24) is 0 Å². The zero-order valence-electron chi connectivity index (χ0n) is 18.3. The van der Waals surface area contributed by atoms with E-state index in [1.54, 1.807) is 19.1 Å². The smallest absolute Gasteiger partial charge is 0.339 e. The molecule has 0 spiro atoms. The molecule has 0 radical (unpaired) electrons. The molecule has 0 fully saturated rings. The third-order valence-corrected chi connectivity index (χ3v) is 6.30. The first-order valence-electron chi connectivity index (χ1n) is 10.8. The van der Waals surface area contributed by atoms with Crippen molar-refractivity contribution in [2.24, 2.45) is 0 Å². The molecule has 4 aromatic carbocycles. The number of carbonyl (C=O) groups excluding carboxylic acids is 1. The van der Waals surface area contributed by atoms with E-state index in [1.807, 2.05) is 31.2 Å². The lowest BCUT2D eigenvalue weighted by molar-refractivity contribution is 0.0376. The molecule has 1 N–H and O–H groups in total. The number of aromatic carboxylic acids is 1. The van der Waals surface area contributed by atoms with Gasteiger partial charge in [-0.05, 0) is 64.6 Å². The highest BCUT2D eigenvalue weighted by atomic mass is 16.5. The number of rotatable bonds is 4. The van der Waals surface area contributed by atoms with Crippen LogP contribution >= 0.6 is 0 Å². The van der Waals surface area contributed by atoms with E-state index in [1.165, 1.54) is 16.8 Å². The second-order valence-electron chi connectivity index (χ2n) is 8.29. The zero-order valence-corrected chi connectivity index (χ0v) is 18.3. The molecule has 33 heavy (non-hydrogen) atoms. The minimum atomic E-state index is -1.07. The molecule has 4 heteroatoms. The van der Waals surface area contributed by atoms with Crippen molar-refractivity contribution in [2.75, 3.05) is 0 Å². The Morgan fingerprint density at radius 2 is 1.45 bits per heavy atom. The summed E-state index contributed by atoms with van der Waals surface area (Å²) in [6.45, 7) is 3.58. The highest BCUT2D eigenvalue weighted by Crippen LogP contribution is 2.43. The van der Waals surface area contributed by atoms with Crippen LogP contribution in [-0.2, 0) is 4.74 Å². The molecular weight excluding hydrogens is 412 g/mol. The number of hydrogen-bond donors (Lipinski definition) is 1. The van der Waals surface area contributed by atoms with Gasteiger partial charge in [0.1, 0.15) is 6.10 Å². The standard InChI is InChI=1S/C29H22O4/c1-17-16-26-24(23-13-5-9-19-8-3-4-10-22(19)23)14-7-15-25(26)27(17)33-29(32)21-12-6-11-20(18(21)2)28(30)31/h3-16,27H,1-2H3,(H,30,31). The highest BCUT2D eigenvalue weighted by molar-refractivity contribution is 6.00. The Balaban J connectivity index is 1.54. The zero-order chi connectivity index (χ0) is 23.1. The second kappa shape index (κ2) is 8.06. The lowest BCUT2D eigenvalue weighted by Crippen LogP contribution is -2.14. The first-order valence-corrected chi connectivity index (χ1v) is 10.8. The molecule has 0 heterocycles. The van der Waals surface area contributed by atoms with Crippen molar-refractivity contribution in [3.63, 3.8) is 0 Å². The second-order valence-corrected chi connectivity index (χ2v) is 8.29. The van der Waals surface area contributed by atoms with Gasteiger partial charge in [0.05, 0.1) is 11.1 Å². The summed E-state index contributed by atoms with van der Waals surface area (Å²) >= 11 is 0. The van der Waals surface area contributed by atoms with Gasteiger partial charge in [-0.15, -0.1) is 0 Å². The summed E-state index contributed by atoms with van der Waals surface area (Å²) in [4.78, 5) is 24.5. The summed E-state index contributed by atoms with van der Waals surface area (Å²) in [5.74, 6) is -1.60. The van der Waals surface area contributed by atoms with E-state index in [-0.39, 0.29) is 11.1 Å². The van der Waals surface area contributed by atoms with E-state index >= 15 is 0 Å². The fraction of sp³-hybridized carbons (Fsp3) is 0.103. The van der Waals surface area contributed by atoms with E-state index in [4.69, 9.17) is 4.74 Å². The minimum Gasteiger partial charge on any atom is -0.478 e. The maximum absolute atomic E-state index is 13.0. The van der Waals surface area contributed by atoms with Crippen molar-refractivity contribution in [3.05, 3.63) is 112 Å². The maximum Gasteiger partial charge on any atom is 0.339 e. The van der Waals surface area contributed by atoms with Crippen molar-refractivity contribution in [3.8, 4) is 11.1 Å². The first kappa shape index (κ1) is 20.7. The van der Waals surface area contributed by atoms with E-state index in [9.17, 15) is 14.7 Å². The number of ether oxygens (including phenoxy) is 1. The average molecular weight is 434 g/mol. The van der Waals surface area contributed by atoms with Crippen LogP contribution in [0, 0.1) is 6.92 Å². The van der Waals surface area contributed by atoms with Gasteiger partial charge in [-0.2, -0.15) is 0 Å².